The van der Waals surface area contributed by atoms with E-state index in [2.05, 4.69) is 11.1 Å². The number of rotatable bonds is 1. The van der Waals surface area contributed by atoms with Gasteiger partial charge in [0, 0.05) is 17.0 Å². The minimum atomic E-state index is 0.555. The Hall–Kier alpha value is -2.08. The van der Waals surface area contributed by atoms with Gasteiger partial charge in [-0.15, -0.1) is 0 Å². The number of methoxy groups -OCH3 is 1. The highest BCUT2D eigenvalue weighted by Crippen LogP contribution is 2.24. The third-order valence-electron chi connectivity index (χ3n) is 2.07. The summed E-state index contributed by atoms with van der Waals surface area (Å²) in [6.07, 6.45) is 1.53. The minimum Gasteiger partial charge on any atom is -0.481 e. The molecule has 0 spiro atoms. The van der Waals surface area contributed by atoms with Crippen molar-refractivity contribution in [1.82, 2.24) is 4.98 Å². The summed E-state index contributed by atoms with van der Waals surface area (Å²) >= 11 is 0. The molecule has 0 aliphatic heterocycles. The molecule has 0 radical (unpaired) electrons. The van der Waals surface area contributed by atoms with E-state index in [0.29, 0.717) is 11.4 Å². The minimum absolute atomic E-state index is 0.555. The Morgan fingerprint density at radius 2 is 2.00 bits per heavy atom. The zero-order valence-corrected chi connectivity index (χ0v) is 7.69. The quantitative estimate of drug-likeness (QED) is 0.681. The topological polar surface area (TPSA) is 45.9 Å². The molecule has 0 atom stereocenters. The van der Waals surface area contributed by atoms with Crippen LogP contribution in [0.4, 0.5) is 0 Å². The fourth-order valence-electron chi connectivity index (χ4n) is 1.42. The number of hydrogen-bond donors (Lipinski definition) is 0. The first kappa shape index (κ1) is 8.52. The SMILES string of the molecule is COc1ncc(C#N)c2ccccc12. The molecule has 1 aromatic heterocycles. The van der Waals surface area contributed by atoms with Crippen molar-refractivity contribution in [1.29, 1.82) is 5.26 Å². The largest absolute Gasteiger partial charge is 0.481 e. The van der Waals surface area contributed by atoms with Crippen LogP contribution in [-0.2, 0) is 0 Å². The van der Waals surface area contributed by atoms with Gasteiger partial charge >= 0.3 is 0 Å². The van der Waals surface area contributed by atoms with Crippen LogP contribution in [0.25, 0.3) is 10.8 Å². The fraction of sp³-hybridized carbons (Fsp3) is 0.0909. The van der Waals surface area contributed by atoms with Gasteiger partial charge in [-0.25, -0.2) is 4.98 Å². The van der Waals surface area contributed by atoms with E-state index >= 15 is 0 Å². The van der Waals surface area contributed by atoms with Gasteiger partial charge in [0.05, 0.1) is 12.7 Å². The lowest BCUT2D eigenvalue weighted by Crippen LogP contribution is -1.90. The third kappa shape index (κ3) is 1.17. The van der Waals surface area contributed by atoms with E-state index in [-0.39, 0.29) is 0 Å². The average Bonchev–Trinajstić information content (AvgIpc) is 2.27. The number of fused-ring (bicyclic) bond motifs is 1. The molecule has 1 heterocycles. The van der Waals surface area contributed by atoms with Gasteiger partial charge in [0.2, 0.25) is 5.88 Å². The molecular formula is C11H8N2O. The molecule has 0 amide bonds. The first-order chi connectivity index (χ1) is 6.86. The number of nitrogens with zero attached hydrogens (tertiary/aromatic N) is 2. The lowest BCUT2D eigenvalue weighted by Gasteiger charge is -2.04. The Labute approximate surface area is 81.6 Å². The Kier molecular flexibility index (Phi) is 2.04. The number of hydrogen-bond acceptors (Lipinski definition) is 3. The Morgan fingerprint density at radius 1 is 1.29 bits per heavy atom. The van der Waals surface area contributed by atoms with E-state index < -0.39 is 0 Å². The normalized spacial score (nSPS) is 9.71. The predicted octanol–water partition coefficient (Wildman–Crippen LogP) is 2.12. The van der Waals surface area contributed by atoms with E-state index in [4.69, 9.17) is 10.00 Å². The first-order valence-corrected chi connectivity index (χ1v) is 4.18. The van der Waals surface area contributed by atoms with Crippen molar-refractivity contribution in [3.63, 3.8) is 0 Å². The van der Waals surface area contributed by atoms with Gasteiger partial charge in [-0.3, -0.25) is 0 Å². The van der Waals surface area contributed by atoms with Crippen LogP contribution in [0.3, 0.4) is 0 Å². The number of pyridine rings is 1. The highest BCUT2D eigenvalue weighted by Gasteiger charge is 2.05. The zero-order chi connectivity index (χ0) is 9.97. The molecule has 0 aliphatic carbocycles. The van der Waals surface area contributed by atoms with E-state index in [1.807, 2.05) is 24.3 Å². The molecule has 0 bridgehead atoms. The van der Waals surface area contributed by atoms with Gasteiger partial charge in [-0.05, 0) is 6.07 Å². The highest BCUT2D eigenvalue weighted by atomic mass is 16.5. The second-order valence-electron chi connectivity index (χ2n) is 2.84. The van der Waals surface area contributed by atoms with Crippen molar-refractivity contribution < 1.29 is 4.74 Å². The van der Waals surface area contributed by atoms with Crippen LogP contribution in [-0.4, -0.2) is 12.1 Å². The van der Waals surface area contributed by atoms with Crippen molar-refractivity contribution in [2.24, 2.45) is 0 Å². The lowest BCUT2D eigenvalue weighted by molar-refractivity contribution is 0.403. The monoisotopic (exact) mass is 184 g/mol. The molecule has 0 saturated heterocycles. The summed E-state index contributed by atoms with van der Waals surface area (Å²) in [5.74, 6) is 0.555. The summed E-state index contributed by atoms with van der Waals surface area (Å²) < 4.78 is 5.11. The van der Waals surface area contributed by atoms with E-state index in [1.54, 1.807) is 7.11 Å². The molecule has 2 rings (SSSR count). The summed E-state index contributed by atoms with van der Waals surface area (Å²) in [7, 11) is 1.57. The second-order valence-corrected chi connectivity index (χ2v) is 2.84. The van der Waals surface area contributed by atoms with Crippen LogP contribution in [0, 0.1) is 11.3 Å². The van der Waals surface area contributed by atoms with Gasteiger partial charge < -0.3 is 4.74 Å². The molecule has 2 aromatic rings. The smallest absolute Gasteiger partial charge is 0.221 e. The van der Waals surface area contributed by atoms with Crippen molar-refractivity contribution in [2.45, 2.75) is 0 Å². The Morgan fingerprint density at radius 3 is 2.64 bits per heavy atom. The summed E-state index contributed by atoms with van der Waals surface area (Å²) in [4.78, 5) is 4.05. The predicted molar refractivity (Wildman–Crippen MR) is 53.0 cm³/mol. The molecule has 14 heavy (non-hydrogen) atoms. The Bertz CT molecular complexity index is 514. The van der Waals surface area contributed by atoms with Crippen molar-refractivity contribution >= 4 is 10.8 Å². The molecule has 1 aromatic carbocycles. The Balaban J connectivity index is 2.87. The van der Waals surface area contributed by atoms with Crippen LogP contribution >= 0.6 is 0 Å². The van der Waals surface area contributed by atoms with Gasteiger partial charge in [0.25, 0.3) is 0 Å². The van der Waals surface area contributed by atoms with Crippen LogP contribution in [0.5, 0.6) is 5.88 Å². The standard InChI is InChI=1S/C11H8N2O/c1-14-11-10-5-3-2-4-9(10)8(6-12)7-13-11/h2-5,7H,1H3. The molecule has 0 fully saturated rings. The van der Waals surface area contributed by atoms with Crippen LogP contribution in [0.15, 0.2) is 30.5 Å². The van der Waals surface area contributed by atoms with Gasteiger partial charge in [-0.2, -0.15) is 5.26 Å². The number of ether oxygens (including phenoxy) is 1. The van der Waals surface area contributed by atoms with Crippen LogP contribution in [0.2, 0.25) is 0 Å². The maximum absolute atomic E-state index is 8.87. The molecule has 3 nitrogen and oxygen atoms in total. The van der Waals surface area contributed by atoms with Crippen molar-refractivity contribution in [3.8, 4) is 11.9 Å². The van der Waals surface area contributed by atoms with E-state index in [0.717, 1.165) is 10.8 Å². The number of nitriles is 1. The average molecular weight is 184 g/mol. The molecule has 3 heteroatoms. The van der Waals surface area contributed by atoms with Gasteiger partial charge in [0.15, 0.2) is 0 Å². The maximum atomic E-state index is 8.87. The molecule has 68 valence electrons. The third-order valence-corrected chi connectivity index (χ3v) is 2.07. The van der Waals surface area contributed by atoms with E-state index in [9.17, 15) is 0 Å². The van der Waals surface area contributed by atoms with E-state index in [1.165, 1.54) is 6.20 Å². The first-order valence-electron chi connectivity index (χ1n) is 4.18. The summed E-state index contributed by atoms with van der Waals surface area (Å²) in [6, 6.07) is 9.67. The molecule has 0 saturated carbocycles. The van der Waals surface area contributed by atoms with Crippen LogP contribution < -0.4 is 4.74 Å². The number of benzene rings is 1. The molecule has 0 unspecified atom stereocenters. The molecule has 0 aliphatic rings. The lowest BCUT2D eigenvalue weighted by atomic mass is 10.1. The molecule has 0 N–H and O–H groups in total. The molecular weight excluding hydrogens is 176 g/mol. The fourth-order valence-corrected chi connectivity index (χ4v) is 1.42. The van der Waals surface area contributed by atoms with Crippen molar-refractivity contribution in [3.05, 3.63) is 36.0 Å². The van der Waals surface area contributed by atoms with Gasteiger partial charge in [-0.1, -0.05) is 18.2 Å². The summed E-state index contributed by atoms with van der Waals surface area (Å²) in [5, 5.41) is 10.6. The van der Waals surface area contributed by atoms with Crippen molar-refractivity contribution in [2.75, 3.05) is 7.11 Å². The van der Waals surface area contributed by atoms with Gasteiger partial charge in [0.1, 0.15) is 6.07 Å². The summed E-state index contributed by atoms with van der Waals surface area (Å²) in [5.41, 5.74) is 0.571. The number of aromatic nitrogens is 1. The second kappa shape index (κ2) is 3.35. The zero-order valence-electron chi connectivity index (χ0n) is 7.69. The highest BCUT2D eigenvalue weighted by molar-refractivity contribution is 5.91. The summed E-state index contributed by atoms with van der Waals surface area (Å²) in [6.45, 7) is 0. The van der Waals surface area contributed by atoms with Crippen LogP contribution in [0.1, 0.15) is 5.56 Å². The maximum Gasteiger partial charge on any atom is 0.221 e.